The van der Waals surface area contributed by atoms with Crippen LogP contribution < -0.4 is 4.74 Å². The van der Waals surface area contributed by atoms with Crippen molar-refractivity contribution in [3.8, 4) is 23.0 Å². The number of aromatic nitrogens is 2. The summed E-state index contributed by atoms with van der Waals surface area (Å²) in [5.74, 6) is 0.148. The highest BCUT2D eigenvalue weighted by Crippen LogP contribution is 2.35. The van der Waals surface area contributed by atoms with Gasteiger partial charge >= 0.3 is 6.18 Å². The maximum absolute atomic E-state index is 12.5. The van der Waals surface area contributed by atoms with E-state index in [1.54, 1.807) is 0 Å². The summed E-state index contributed by atoms with van der Waals surface area (Å²) in [7, 11) is 0. The van der Waals surface area contributed by atoms with E-state index in [0.717, 1.165) is 36.7 Å². The van der Waals surface area contributed by atoms with Crippen LogP contribution in [-0.4, -0.2) is 15.1 Å². The second kappa shape index (κ2) is 6.23. The Balaban J connectivity index is 1.88. The Morgan fingerprint density at radius 3 is 2.32 bits per heavy atom. The Kier molecular flexibility index (Phi) is 4.09. The summed E-state index contributed by atoms with van der Waals surface area (Å²) in [6.07, 6.45) is -3.42. The fourth-order valence-electron chi connectivity index (χ4n) is 2.05. The van der Waals surface area contributed by atoms with E-state index < -0.39 is 16.7 Å². The minimum absolute atomic E-state index is 0.0345. The maximum Gasteiger partial charge on any atom is 0.416 e. The Bertz CT molecular complexity index is 893. The first-order valence-corrected chi connectivity index (χ1v) is 6.74. The number of nitro benzene ring substituents is 1. The van der Waals surface area contributed by atoms with Gasteiger partial charge < -0.3 is 9.15 Å². The van der Waals surface area contributed by atoms with Crippen molar-refractivity contribution < 1.29 is 27.2 Å². The number of halogens is 3. The molecule has 0 bridgehead atoms. The summed E-state index contributed by atoms with van der Waals surface area (Å²) in [6, 6.07) is 7.85. The number of rotatable bonds is 4. The molecule has 0 saturated heterocycles. The lowest BCUT2D eigenvalue weighted by Crippen LogP contribution is -2.04. The number of nitrogens with zero attached hydrogens (tertiary/aromatic N) is 3. The van der Waals surface area contributed by atoms with Crippen molar-refractivity contribution in [3.63, 3.8) is 0 Å². The SMILES string of the molecule is O=[N+]([O-])c1cc(Oc2ccc(C(F)(F)F)cc2)ccc1-c1nnco1. The van der Waals surface area contributed by atoms with E-state index in [1.165, 1.54) is 12.1 Å². The summed E-state index contributed by atoms with van der Waals surface area (Å²) in [6.45, 7) is 0. The lowest BCUT2D eigenvalue weighted by molar-refractivity contribution is -0.384. The van der Waals surface area contributed by atoms with E-state index in [1.807, 2.05) is 0 Å². The van der Waals surface area contributed by atoms with Crippen molar-refractivity contribution in [1.29, 1.82) is 0 Å². The van der Waals surface area contributed by atoms with E-state index in [2.05, 4.69) is 10.2 Å². The molecule has 1 aromatic heterocycles. The molecule has 0 radical (unpaired) electrons. The second-order valence-electron chi connectivity index (χ2n) is 4.80. The molecule has 0 saturated carbocycles. The summed E-state index contributed by atoms with van der Waals surface area (Å²) < 4.78 is 47.9. The molecule has 0 aliphatic heterocycles. The molecule has 7 nitrogen and oxygen atoms in total. The Hall–Kier alpha value is -3.43. The normalized spacial score (nSPS) is 11.3. The maximum atomic E-state index is 12.5. The molecule has 3 rings (SSSR count). The standard InChI is InChI=1S/C15H8F3N3O4/c16-15(17,18)9-1-3-10(4-2-9)25-11-5-6-12(13(7-11)21(22)23)14-20-19-8-24-14/h1-8H. The average molecular weight is 351 g/mol. The number of nitro groups is 1. The van der Waals surface area contributed by atoms with Crippen LogP contribution in [-0.2, 0) is 6.18 Å². The molecule has 2 aromatic carbocycles. The van der Waals surface area contributed by atoms with Gasteiger partial charge in [0.15, 0.2) is 0 Å². The van der Waals surface area contributed by atoms with Gasteiger partial charge in [0.05, 0.1) is 16.6 Å². The van der Waals surface area contributed by atoms with Crippen LogP contribution >= 0.6 is 0 Å². The number of alkyl halides is 3. The molecule has 0 spiro atoms. The Morgan fingerprint density at radius 1 is 1.08 bits per heavy atom. The molecular formula is C15H8F3N3O4. The van der Waals surface area contributed by atoms with Gasteiger partial charge in [-0.25, -0.2) is 0 Å². The molecule has 0 aliphatic rings. The van der Waals surface area contributed by atoms with Crippen molar-refractivity contribution in [2.45, 2.75) is 6.18 Å². The zero-order valence-electron chi connectivity index (χ0n) is 12.2. The lowest BCUT2D eigenvalue weighted by Gasteiger charge is -2.09. The van der Waals surface area contributed by atoms with E-state index >= 15 is 0 Å². The molecule has 1 heterocycles. The van der Waals surface area contributed by atoms with Crippen LogP contribution in [0.5, 0.6) is 11.5 Å². The highest BCUT2D eigenvalue weighted by molar-refractivity contribution is 5.68. The first kappa shape index (κ1) is 16.4. The molecule has 0 amide bonds. The quantitative estimate of drug-likeness (QED) is 0.509. The summed E-state index contributed by atoms with van der Waals surface area (Å²) in [5.41, 5.74) is -1.06. The van der Waals surface area contributed by atoms with Crippen LogP contribution in [0.3, 0.4) is 0 Å². The van der Waals surface area contributed by atoms with E-state index in [4.69, 9.17) is 9.15 Å². The molecule has 0 atom stereocenters. The van der Waals surface area contributed by atoms with Crippen LogP contribution in [0.4, 0.5) is 18.9 Å². The highest BCUT2D eigenvalue weighted by Gasteiger charge is 2.30. The zero-order valence-corrected chi connectivity index (χ0v) is 12.2. The van der Waals surface area contributed by atoms with Gasteiger partial charge in [0.1, 0.15) is 17.1 Å². The topological polar surface area (TPSA) is 91.3 Å². The predicted molar refractivity (Wildman–Crippen MR) is 77.9 cm³/mol. The number of hydrogen-bond acceptors (Lipinski definition) is 6. The van der Waals surface area contributed by atoms with Gasteiger partial charge in [-0.3, -0.25) is 10.1 Å². The predicted octanol–water partition coefficient (Wildman–Crippen LogP) is 4.46. The van der Waals surface area contributed by atoms with E-state index in [9.17, 15) is 23.3 Å². The lowest BCUT2D eigenvalue weighted by atomic mass is 10.1. The fourth-order valence-corrected chi connectivity index (χ4v) is 2.05. The molecule has 0 N–H and O–H groups in total. The largest absolute Gasteiger partial charge is 0.457 e. The average Bonchev–Trinajstić information content (AvgIpc) is 3.08. The van der Waals surface area contributed by atoms with Crippen molar-refractivity contribution >= 4 is 5.69 Å². The van der Waals surface area contributed by atoms with Gasteiger partial charge in [-0.1, -0.05) is 0 Å². The second-order valence-corrected chi connectivity index (χ2v) is 4.80. The molecule has 0 aliphatic carbocycles. The fraction of sp³-hybridized carbons (Fsp3) is 0.0667. The minimum atomic E-state index is -4.46. The number of benzene rings is 2. The molecule has 3 aromatic rings. The van der Waals surface area contributed by atoms with Crippen LogP contribution in [0.1, 0.15) is 5.56 Å². The van der Waals surface area contributed by atoms with Gasteiger partial charge in [0, 0.05) is 0 Å². The Labute approximate surface area is 137 Å². The van der Waals surface area contributed by atoms with Crippen LogP contribution in [0.15, 0.2) is 53.3 Å². The van der Waals surface area contributed by atoms with Gasteiger partial charge in [-0.05, 0) is 36.4 Å². The van der Waals surface area contributed by atoms with Gasteiger partial charge in [0.2, 0.25) is 6.39 Å². The Morgan fingerprint density at radius 2 is 1.76 bits per heavy atom. The summed E-state index contributed by atoms with van der Waals surface area (Å²) in [5, 5.41) is 18.3. The van der Waals surface area contributed by atoms with Gasteiger partial charge in [-0.2, -0.15) is 13.2 Å². The third-order valence-corrected chi connectivity index (χ3v) is 3.17. The molecule has 128 valence electrons. The third kappa shape index (κ3) is 3.57. The van der Waals surface area contributed by atoms with E-state index in [-0.39, 0.29) is 28.6 Å². The van der Waals surface area contributed by atoms with Crippen LogP contribution in [0.2, 0.25) is 0 Å². The number of ether oxygens (including phenoxy) is 1. The van der Waals surface area contributed by atoms with Crippen molar-refractivity contribution in [1.82, 2.24) is 10.2 Å². The minimum Gasteiger partial charge on any atom is -0.457 e. The summed E-state index contributed by atoms with van der Waals surface area (Å²) >= 11 is 0. The van der Waals surface area contributed by atoms with Crippen LogP contribution in [0, 0.1) is 10.1 Å². The highest BCUT2D eigenvalue weighted by atomic mass is 19.4. The monoisotopic (exact) mass is 351 g/mol. The number of hydrogen-bond donors (Lipinski definition) is 0. The smallest absolute Gasteiger partial charge is 0.416 e. The molecular weight excluding hydrogens is 343 g/mol. The third-order valence-electron chi connectivity index (χ3n) is 3.17. The van der Waals surface area contributed by atoms with Gasteiger partial charge in [-0.15, -0.1) is 10.2 Å². The molecule has 25 heavy (non-hydrogen) atoms. The summed E-state index contributed by atoms with van der Waals surface area (Å²) in [4.78, 5) is 10.6. The van der Waals surface area contributed by atoms with Crippen molar-refractivity contribution in [2.75, 3.05) is 0 Å². The van der Waals surface area contributed by atoms with Crippen molar-refractivity contribution in [2.24, 2.45) is 0 Å². The first-order valence-electron chi connectivity index (χ1n) is 6.74. The van der Waals surface area contributed by atoms with E-state index in [0.29, 0.717) is 0 Å². The van der Waals surface area contributed by atoms with Crippen molar-refractivity contribution in [3.05, 3.63) is 64.5 Å². The van der Waals surface area contributed by atoms with Gasteiger partial charge in [0.25, 0.3) is 11.6 Å². The zero-order chi connectivity index (χ0) is 18.0. The first-order chi connectivity index (χ1) is 11.8. The molecule has 0 fully saturated rings. The molecule has 0 unspecified atom stereocenters. The molecule has 10 heteroatoms. The van der Waals surface area contributed by atoms with Crippen LogP contribution in [0.25, 0.3) is 11.5 Å².